The Morgan fingerprint density at radius 2 is 1.97 bits per heavy atom. The van der Waals surface area contributed by atoms with Crippen molar-refractivity contribution in [3.63, 3.8) is 0 Å². The van der Waals surface area contributed by atoms with Crippen molar-refractivity contribution >= 4 is 23.4 Å². The molecule has 37 heavy (non-hydrogen) atoms. The number of likely N-dealkylation sites (N-methyl/N-ethyl adjacent to an activating group) is 1. The number of nitrogens with one attached hydrogen (secondary N) is 1. The summed E-state index contributed by atoms with van der Waals surface area (Å²) in [4.78, 5) is 32.4. The number of carbonyl (C=O) groups excluding carboxylic acids is 2. The van der Waals surface area contributed by atoms with E-state index in [1.54, 1.807) is 25.1 Å². The van der Waals surface area contributed by atoms with Crippen molar-refractivity contribution in [1.29, 1.82) is 0 Å². The summed E-state index contributed by atoms with van der Waals surface area (Å²) in [6, 6.07) is 10.2. The van der Waals surface area contributed by atoms with Crippen LogP contribution >= 0.6 is 0 Å². The number of fused-ring (bicyclic) bond motifs is 1. The molecule has 196 valence electrons. The number of carbonyl (C=O) groups is 2. The smallest absolute Gasteiger partial charge is 0.410 e. The van der Waals surface area contributed by atoms with Gasteiger partial charge in [0.1, 0.15) is 5.60 Å². The van der Waals surface area contributed by atoms with Crippen LogP contribution in [0.2, 0.25) is 0 Å². The van der Waals surface area contributed by atoms with Crippen molar-refractivity contribution in [3.05, 3.63) is 60.7 Å². The van der Waals surface area contributed by atoms with Crippen molar-refractivity contribution in [1.82, 2.24) is 19.7 Å². The zero-order chi connectivity index (χ0) is 26.7. The second-order valence-corrected chi connectivity index (χ2v) is 10.6. The van der Waals surface area contributed by atoms with Gasteiger partial charge in [0, 0.05) is 56.4 Å². The first-order valence-electron chi connectivity index (χ1n) is 12.6. The maximum Gasteiger partial charge on any atom is 0.410 e. The highest BCUT2D eigenvalue weighted by molar-refractivity contribution is 5.94. The number of pyridine rings is 1. The molecular formula is C28H36N6O3. The Hall–Kier alpha value is -3.88. The van der Waals surface area contributed by atoms with Crippen LogP contribution in [0, 0.1) is 0 Å². The average Bonchev–Trinajstić information content (AvgIpc) is 3.31. The van der Waals surface area contributed by atoms with Crippen molar-refractivity contribution < 1.29 is 14.3 Å². The van der Waals surface area contributed by atoms with Gasteiger partial charge in [-0.25, -0.2) is 4.79 Å². The fraction of sp³-hybridized carbons (Fsp3) is 0.429. The first kappa shape index (κ1) is 26.2. The largest absolute Gasteiger partial charge is 0.444 e. The van der Waals surface area contributed by atoms with Crippen molar-refractivity contribution in [2.45, 2.75) is 65.3 Å². The van der Waals surface area contributed by atoms with Crippen LogP contribution in [0.25, 0.3) is 11.1 Å². The Balaban J connectivity index is 1.55. The van der Waals surface area contributed by atoms with Gasteiger partial charge in [0.15, 0.2) is 0 Å². The van der Waals surface area contributed by atoms with Crippen LogP contribution in [0.15, 0.2) is 55.1 Å². The number of anilines is 2. The van der Waals surface area contributed by atoms with Gasteiger partial charge >= 0.3 is 6.09 Å². The molecule has 0 fully saturated rings. The van der Waals surface area contributed by atoms with Crippen molar-refractivity contribution in [3.8, 4) is 11.1 Å². The number of hydrogen-bond acceptors (Lipinski definition) is 6. The van der Waals surface area contributed by atoms with E-state index in [9.17, 15) is 9.59 Å². The molecule has 2 atom stereocenters. The normalized spacial score (nSPS) is 17.2. The van der Waals surface area contributed by atoms with Gasteiger partial charge in [-0.05, 0) is 69.5 Å². The van der Waals surface area contributed by atoms with Crippen LogP contribution < -0.4 is 10.2 Å². The molecule has 1 aromatic carbocycles. The van der Waals surface area contributed by atoms with Gasteiger partial charge in [-0.15, -0.1) is 0 Å². The van der Waals surface area contributed by atoms with Gasteiger partial charge in [-0.1, -0.05) is 6.07 Å². The highest BCUT2D eigenvalue weighted by Crippen LogP contribution is 2.41. The van der Waals surface area contributed by atoms with E-state index in [0.717, 1.165) is 34.5 Å². The first-order valence-corrected chi connectivity index (χ1v) is 12.6. The van der Waals surface area contributed by atoms with Crippen LogP contribution in [-0.4, -0.2) is 56.9 Å². The van der Waals surface area contributed by atoms with E-state index >= 15 is 0 Å². The third-order valence-electron chi connectivity index (χ3n) is 6.36. The number of ether oxygens (including phenoxy) is 1. The van der Waals surface area contributed by atoms with Gasteiger partial charge in [0.25, 0.3) is 0 Å². The van der Waals surface area contributed by atoms with E-state index in [1.807, 2.05) is 73.2 Å². The zero-order valence-corrected chi connectivity index (χ0v) is 22.4. The summed E-state index contributed by atoms with van der Waals surface area (Å²) in [5.41, 5.74) is 4.37. The average molecular weight is 505 g/mol. The molecule has 2 amide bonds. The van der Waals surface area contributed by atoms with Gasteiger partial charge in [-0.2, -0.15) is 5.10 Å². The minimum absolute atomic E-state index is 0.0299. The maximum atomic E-state index is 12.5. The fourth-order valence-corrected chi connectivity index (χ4v) is 4.63. The van der Waals surface area contributed by atoms with Gasteiger partial charge in [0.05, 0.1) is 24.5 Å². The molecule has 1 N–H and O–H groups in total. The number of aromatic nitrogens is 3. The lowest BCUT2D eigenvalue weighted by atomic mass is 9.89. The van der Waals surface area contributed by atoms with Gasteiger partial charge in [-0.3, -0.25) is 14.5 Å². The summed E-state index contributed by atoms with van der Waals surface area (Å²) in [5.74, 6) is 0.0308. The summed E-state index contributed by atoms with van der Waals surface area (Å²) in [6.45, 7) is 10.3. The lowest BCUT2D eigenvalue weighted by Gasteiger charge is -2.39. The van der Waals surface area contributed by atoms with Crippen LogP contribution in [-0.2, 0) is 16.1 Å². The number of amides is 2. The number of nitrogens with zero attached hydrogens (tertiary/aromatic N) is 5. The quantitative estimate of drug-likeness (QED) is 0.502. The molecule has 1 aliphatic heterocycles. The van der Waals surface area contributed by atoms with Crippen LogP contribution in [0.4, 0.5) is 16.2 Å². The summed E-state index contributed by atoms with van der Waals surface area (Å²) in [5, 5.41) is 8.10. The molecule has 3 heterocycles. The fourth-order valence-electron chi connectivity index (χ4n) is 4.63. The standard InChI is InChI=1S/C28H36N6O3/c1-19-14-25(31-23-8-7-11-29-17-23)24-15-21(9-10-26(24)34(19)20(2)35)22-16-30-33(18-22)13-12-32(6)27(36)37-28(3,4)5/h7-11,15-19,25,31H,12-14H2,1-6H3. The van der Waals surface area contributed by atoms with E-state index < -0.39 is 5.60 Å². The molecule has 2 unspecified atom stereocenters. The molecule has 3 aromatic rings. The Morgan fingerprint density at radius 1 is 1.19 bits per heavy atom. The Kier molecular flexibility index (Phi) is 7.52. The SMILES string of the molecule is CC(=O)N1c2ccc(-c3cnn(CCN(C)C(=O)OC(C)(C)C)c3)cc2C(Nc2cccnc2)CC1C. The third kappa shape index (κ3) is 6.28. The lowest BCUT2D eigenvalue weighted by Crippen LogP contribution is -2.43. The number of benzene rings is 1. The monoisotopic (exact) mass is 504 g/mol. The lowest BCUT2D eigenvalue weighted by molar-refractivity contribution is -0.117. The summed E-state index contributed by atoms with van der Waals surface area (Å²) in [6.07, 6.45) is 7.78. The topological polar surface area (TPSA) is 92.6 Å². The molecule has 9 heteroatoms. The third-order valence-corrected chi connectivity index (χ3v) is 6.36. The minimum atomic E-state index is -0.532. The molecule has 1 aliphatic rings. The molecule has 0 saturated heterocycles. The minimum Gasteiger partial charge on any atom is -0.444 e. The van der Waals surface area contributed by atoms with Crippen molar-refractivity contribution in [2.75, 3.05) is 23.8 Å². The second-order valence-electron chi connectivity index (χ2n) is 10.6. The Morgan fingerprint density at radius 3 is 2.65 bits per heavy atom. The van der Waals surface area contributed by atoms with Crippen LogP contribution in [0.5, 0.6) is 0 Å². The molecular weight excluding hydrogens is 468 g/mol. The molecule has 0 saturated carbocycles. The number of hydrogen-bond donors (Lipinski definition) is 1. The van der Waals surface area contributed by atoms with Crippen LogP contribution in [0.1, 0.15) is 52.6 Å². The van der Waals surface area contributed by atoms with Crippen molar-refractivity contribution in [2.24, 2.45) is 0 Å². The first-order chi connectivity index (χ1) is 17.5. The summed E-state index contributed by atoms with van der Waals surface area (Å²) in [7, 11) is 1.72. The molecule has 0 aliphatic carbocycles. The molecule has 0 bridgehead atoms. The maximum absolute atomic E-state index is 12.5. The highest BCUT2D eigenvalue weighted by atomic mass is 16.6. The Bertz CT molecular complexity index is 1250. The molecule has 9 nitrogen and oxygen atoms in total. The molecule has 0 radical (unpaired) electrons. The molecule has 0 spiro atoms. The van der Waals surface area contributed by atoms with Gasteiger partial charge < -0.3 is 19.9 Å². The van der Waals surface area contributed by atoms with E-state index in [1.165, 1.54) is 0 Å². The second kappa shape index (κ2) is 10.6. The Labute approximate surface area is 218 Å². The van der Waals surface area contributed by atoms with Gasteiger partial charge in [0.2, 0.25) is 5.91 Å². The predicted octanol–water partition coefficient (Wildman–Crippen LogP) is 5.11. The highest BCUT2D eigenvalue weighted by Gasteiger charge is 2.32. The van der Waals surface area contributed by atoms with E-state index in [-0.39, 0.29) is 24.1 Å². The number of rotatable bonds is 6. The van der Waals surface area contributed by atoms with E-state index in [2.05, 4.69) is 28.4 Å². The zero-order valence-electron chi connectivity index (χ0n) is 22.4. The summed E-state index contributed by atoms with van der Waals surface area (Å²) < 4.78 is 7.24. The van der Waals surface area contributed by atoms with Crippen LogP contribution in [0.3, 0.4) is 0 Å². The molecule has 2 aromatic heterocycles. The van der Waals surface area contributed by atoms with E-state index in [4.69, 9.17) is 4.74 Å². The predicted molar refractivity (Wildman–Crippen MR) is 144 cm³/mol. The van der Waals surface area contributed by atoms with E-state index in [0.29, 0.717) is 13.1 Å². The molecule has 4 rings (SSSR count). The summed E-state index contributed by atoms with van der Waals surface area (Å²) >= 11 is 0.